The molecule has 0 bridgehead atoms. The minimum absolute atomic E-state index is 0. The van der Waals surface area contributed by atoms with Gasteiger partial charge in [-0.1, -0.05) is 12.1 Å². The molecule has 0 spiro atoms. The summed E-state index contributed by atoms with van der Waals surface area (Å²) in [5.41, 5.74) is 3.58. The minimum atomic E-state index is -0.0245. The van der Waals surface area contributed by atoms with Crippen molar-refractivity contribution in [1.29, 1.82) is 0 Å². The standard InChI is InChI=1S/C28H25N3O4.2ClH/c1-19-11-21(27(34)23(13-19)17-32)15-30-9-5-3-7-25(30)29-26-8-4-6-10-31(26)16-22-12-20(2)14-24(18-33)28(22)35;;/h3-14,17-18H,15-16H2,1-2H3,(H-,32,33,34,35);2*1H. The van der Waals surface area contributed by atoms with E-state index in [9.17, 15) is 19.8 Å². The number of aromatic hydroxyl groups is 2. The number of hydrogen-bond acceptors (Lipinski definition) is 5. The monoisotopic (exact) mass is 539 g/mol. The van der Waals surface area contributed by atoms with Crippen molar-refractivity contribution >= 4 is 24.2 Å². The lowest BCUT2D eigenvalue weighted by Gasteiger charge is -2.12. The van der Waals surface area contributed by atoms with Crippen molar-refractivity contribution in [2.75, 3.05) is 5.32 Å². The minimum Gasteiger partial charge on any atom is -1.00 e. The maximum Gasteiger partial charge on any atom is 0.282 e. The molecule has 0 aliphatic rings. The number of phenols is 2. The smallest absolute Gasteiger partial charge is 0.282 e. The topological polar surface area (TPSA) is 94.4 Å². The molecule has 0 radical (unpaired) electrons. The van der Waals surface area contributed by atoms with E-state index in [2.05, 4.69) is 5.32 Å². The summed E-state index contributed by atoms with van der Waals surface area (Å²) in [7, 11) is 0. The second-order valence-corrected chi connectivity index (χ2v) is 8.51. The highest BCUT2D eigenvalue weighted by Crippen LogP contribution is 2.25. The maximum atomic E-state index is 11.3. The van der Waals surface area contributed by atoms with Crippen molar-refractivity contribution in [3.05, 3.63) is 106 Å². The summed E-state index contributed by atoms with van der Waals surface area (Å²) in [5.74, 6) is 1.48. The molecule has 0 saturated carbocycles. The molecule has 0 amide bonds. The summed E-state index contributed by atoms with van der Waals surface area (Å²) in [6.45, 7) is 4.47. The van der Waals surface area contributed by atoms with Crippen LogP contribution in [0.15, 0.2) is 73.1 Å². The average molecular weight is 540 g/mol. The van der Waals surface area contributed by atoms with Gasteiger partial charge in [0.1, 0.15) is 24.6 Å². The molecule has 2 heterocycles. The molecule has 4 aromatic rings. The van der Waals surface area contributed by atoms with Gasteiger partial charge < -0.3 is 35.0 Å². The molecule has 0 saturated heterocycles. The summed E-state index contributed by atoms with van der Waals surface area (Å²) >= 11 is 0. The van der Waals surface area contributed by atoms with Crippen LogP contribution >= 0.6 is 0 Å². The number of benzene rings is 2. The highest BCUT2D eigenvalue weighted by molar-refractivity contribution is 5.81. The number of phenolic OH excluding ortho intramolecular Hbond substituents is 2. The third-order valence-electron chi connectivity index (χ3n) is 5.80. The van der Waals surface area contributed by atoms with Crippen molar-refractivity contribution in [1.82, 2.24) is 0 Å². The Morgan fingerprint density at radius 2 is 1.11 bits per heavy atom. The number of rotatable bonds is 8. The van der Waals surface area contributed by atoms with E-state index in [4.69, 9.17) is 0 Å². The van der Waals surface area contributed by atoms with Crippen LogP contribution < -0.4 is 39.3 Å². The number of nitrogens with zero attached hydrogens (tertiary/aromatic N) is 2. The molecule has 2 aromatic heterocycles. The van der Waals surface area contributed by atoms with E-state index < -0.39 is 0 Å². The number of carbonyl (C=O) groups excluding carboxylic acids is 2. The molecule has 3 N–H and O–H groups in total. The molecule has 0 aliphatic carbocycles. The van der Waals surface area contributed by atoms with E-state index in [1.807, 2.05) is 83.9 Å². The molecule has 0 atom stereocenters. The van der Waals surface area contributed by atoms with Crippen molar-refractivity contribution in [3.63, 3.8) is 0 Å². The first kappa shape index (κ1) is 29.3. The lowest BCUT2D eigenvalue weighted by atomic mass is 10.1. The second kappa shape index (κ2) is 12.9. The van der Waals surface area contributed by atoms with Gasteiger partial charge in [0.2, 0.25) is 0 Å². The van der Waals surface area contributed by atoms with Gasteiger partial charge in [-0.25, -0.2) is 14.5 Å². The Balaban J connectivity index is 0.00000241. The third-order valence-corrected chi connectivity index (χ3v) is 5.80. The molecule has 0 fully saturated rings. The van der Waals surface area contributed by atoms with Gasteiger partial charge in [0.25, 0.3) is 11.6 Å². The van der Waals surface area contributed by atoms with E-state index in [0.717, 1.165) is 22.8 Å². The quantitative estimate of drug-likeness (QED) is 0.174. The summed E-state index contributed by atoms with van der Waals surface area (Å²) in [5, 5.41) is 24.5. The zero-order chi connectivity index (χ0) is 24.9. The van der Waals surface area contributed by atoms with Crippen LogP contribution in [0.25, 0.3) is 0 Å². The Morgan fingerprint density at radius 1 is 0.703 bits per heavy atom. The van der Waals surface area contributed by atoms with Crippen LogP contribution in [-0.2, 0) is 13.1 Å². The zero-order valence-corrected chi connectivity index (χ0v) is 21.9. The SMILES string of the molecule is Cc1cc(C=O)c(O)c(C[n+]2ccccc2Nc2cccc[n+]2Cc2cc(C)cc(C=O)c2O)c1.[Cl-].[Cl-]. The van der Waals surface area contributed by atoms with Crippen LogP contribution in [0.5, 0.6) is 11.5 Å². The van der Waals surface area contributed by atoms with Gasteiger partial charge >= 0.3 is 0 Å². The fraction of sp³-hybridized carbons (Fsp3) is 0.143. The Labute approximate surface area is 227 Å². The number of pyridine rings is 2. The number of hydrogen-bond donors (Lipinski definition) is 3. The Kier molecular flexibility index (Phi) is 10.2. The molecule has 37 heavy (non-hydrogen) atoms. The van der Waals surface area contributed by atoms with Crippen molar-refractivity contribution in [2.24, 2.45) is 0 Å². The van der Waals surface area contributed by atoms with Crippen LogP contribution in [0.1, 0.15) is 43.0 Å². The Hall–Kier alpha value is -3.94. The molecular weight excluding hydrogens is 513 g/mol. The van der Waals surface area contributed by atoms with Crippen LogP contribution in [0.3, 0.4) is 0 Å². The van der Waals surface area contributed by atoms with E-state index >= 15 is 0 Å². The lowest BCUT2D eigenvalue weighted by Crippen LogP contribution is -3.00. The molecule has 2 aromatic carbocycles. The van der Waals surface area contributed by atoms with Gasteiger partial charge in [-0.05, 0) is 61.4 Å². The van der Waals surface area contributed by atoms with Crippen LogP contribution in [0.2, 0.25) is 0 Å². The summed E-state index contributed by atoms with van der Waals surface area (Å²) in [6.07, 6.45) is 5.09. The van der Waals surface area contributed by atoms with Crippen molar-refractivity contribution in [2.45, 2.75) is 26.9 Å². The maximum absolute atomic E-state index is 11.3. The fourth-order valence-corrected chi connectivity index (χ4v) is 4.14. The predicted octanol–water partition coefficient (Wildman–Crippen LogP) is -2.24. The molecule has 4 rings (SSSR count). The van der Waals surface area contributed by atoms with Crippen LogP contribution in [0.4, 0.5) is 11.6 Å². The number of carbonyl (C=O) groups is 2. The lowest BCUT2D eigenvalue weighted by molar-refractivity contribution is -0.682. The number of aromatic nitrogens is 2. The first-order valence-corrected chi connectivity index (χ1v) is 11.2. The van der Waals surface area contributed by atoms with Crippen LogP contribution in [0, 0.1) is 13.8 Å². The van der Waals surface area contributed by atoms with Gasteiger partial charge in [-0.2, -0.15) is 0 Å². The number of nitrogens with one attached hydrogen (secondary N) is 1. The van der Waals surface area contributed by atoms with E-state index in [1.54, 1.807) is 12.1 Å². The highest BCUT2D eigenvalue weighted by atomic mass is 35.5. The first-order valence-electron chi connectivity index (χ1n) is 11.2. The zero-order valence-electron chi connectivity index (χ0n) is 20.4. The van der Waals surface area contributed by atoms with Gasteiger partial charge in [0, 0.05) is 23.3 Å². The third kappa shape index (κ3) is 6.64. The molecular formula is C28H27Cl2N3O4. The van der Waals surface area contributed by atoms with Gasteiger partial charge in [-0.15, -0.1) is 0 Å². The molecule has 7 nitrogen and oxygen atoms in total. The van der Waals surface area contributed by atoms with E-state index in [-0.39, 0.29) is 47.4 Å². The van der Waals surface area contributed by atoms with Crippen molar-refractivity contribution < 1.29 is 53.8 Å². The van der Waals surface area contributed by atoms with Gasteiger partial charge in [-0.3, -0.25) is 9.59 Å². The molecule has 9 heteroatoms. The van der Waals surface area contributed by atoms with E-state index in [1.165, 1.54) is 0 Å². The molecule has 0 aliphatic heterocycles. The highest BCUT2D eigenvalue weighted by Gasteiger charge is 2.19. The molecule has 192 valence electrons. The predicted molar refractivity (Wildman–Crippen MR) is 131 cm³/mol. The van der Waals surface area contributed by atoms with Crippen molar-refractivity contribution in [3.8, 4) is 11.5 Å². The second-order valence-electron chi connectivity index (χ2n) is 8.51. The normalized spacial score (nSPS) is 10.1. The summed E-state index contributed by atoms with van der Waals surface area (Å²) < 4.78 is 3.88. The fourth-order valence-electron chi connectivity index (χ4n) is 4.14. The summed E-state index contributed by atoms with van der Waals surface area (Å²) in [6, 6.07) is 18.5. The molecule has 0 unspecified atom stereocenters. The largest absolute Gasteiger partial charge is 1.00 e. The summed E-state index contributed by atoms with van der Waals surface area (Å²) in [4.78, 5) is 22.7. The number of anilines is 2. The van der Waals surface area contributed by atoms with Gasteiger partial charge in [0.15, 0.2) is 12.6 Å². The van der Waals surface area contributed by atoms with E-state index in [0.29, 0.717) is 36.8 Å². The number of halogens is 2. The Bertz CT molecular complexity index is 1320. The average Bonchev–Trinajstić information content (AvgIpc) is 2.85. The Morgan fingerprint density at radius 3 is 1.49 bits per heavy atom. The number of aryl methyl sites for hydroxylation is 2. The first-order chi connectivity index (χ1) is 16.9. The number of aldehydes is 2. The van der Waals surface area contributed by atoms with Crippen LogP contribution in [-0.4, -0.2) is 22.8 Å². The van der Waals surface area contributed by atoms with Gasteiger partial charge in [0.05, 0.1) is 23.5 Å².